The molecule has 0 aromatic rings. The first-order valence-corrected chi connectivity index (χ1v) is 4.33. The standard InChI is InChI=1S/C7H9NO3S/c1-2-11-7(10)4-3-5(9)12-6(4)8/h2-3,8H2,1H3. The Labute approximate surface area is 74.1 Å². The lowest BCUT2D eigenvalue weighted by Crippen LogP contribution is -2.09. The third kappa shape index (κ3) is 1.79. The lowest BCUT2D eigenvalue weighted by molar-refractivity contribution is -0.139. The molecule has 0 aromatic carbocycles. The van der Waals surface area contributed by atoms with Gasteiger partial charge in [-0.15, -0.1) is 0 Å². The highest BCUT2D eigenvalue weighted by molar-refractivity contribution is 8.17. The minimum atomic E-state index is -0.478. The van der Waals surface area contributed by atoms with Crippen molar-refractivity contribution in [2.24, 2.45) is 5.73 Å². The first-order valence-electron chi connectivity index (χ1n) is 3.51. The lowest BCUT2D eigenvalue weighted by Gasteiger charge is -2.00. The summed E-state index contributed by atoms with van der Waals surface area (Å²) < 4.78 is 4.70. The van der Waals surface area contributed by atoms with Crippen LogP contribution in [0.15, 0.2) is 10.6 Å². The van der Waals surface area contributed by atoms with E-state index in [4.69, 9.17) is 10.5 Å². The summed E-state index contributed by atoms with van der Waals surface area (Å²) in [6.45, 7) is 2.01. The molecule has 0 atom stereocenters. The summed E-state index contributed by atoms with van der Waals surface area (Å²) in [5.41, 5.74) is 5.72. The highest BCUT2D eigenvalue weighted by atomic mass is 32.2. The maximum absolute atomic E-state index is 11.1. The third-order valence-electron chi connectivity index (χ3n) is 1.36. The van der Waals surface area contributed by atoms with Crippen molar-refractivity contribution in [2.75, 3.05) is 6.61 Å². The van der Waals surface area contributed by atoms with Crippen molar-refractivity contribution in [3.63, 3.8) is 0 Å². The zero-order chi connectivity index (χ0) is 9.14. The van der Waals surface area contributed by atoms with E-state index in [1.807, 2.05) is 0 Å². The van der Waals surface area contributed by atoms with E-state index in [9.17, 15) is 9.59 Å². The summed E-state index contributed by atoms with van der Waals surface area (Å²) in [5.74, 6) is -0.478. The van der Waals surface area contributed by atoms with Crippen molar-refractivity contribution in [1.29, 1.82) is 0 Å². The number of esters is 1. The van der Waals surface area contributed by atoms with Crippen LogP contribution in [0.2, 0.25) is 0 Å². The van der Waals surface area contributed by atoms with Gasteiger partial charge in [-0.2, -0.15) is 0 Å². The van der Waals surface area contributed by atoms with Crippen LogP contribution in [-0.2, 0) is 14.3 Å². The molecule has 5 heteroatoms. The van der Waals surface area contributed by atoms with Crippen LogP contribution in [0, 0.1) is 0 Å². The van der Waals surface area contributed by atoms with Crippen LogP contribution >= 0.6 is 11.8 Å². The molecule has 0 saturated carbocycles. The first kappa shape index (κ1) is 9.12. The Kier molecular flexibility index (Phi) is 2.75. The fourth-order valence-electron chi connectivity index (χ4n) is 0.843. The van der Waals surface area contributed by atoms with Gasteiger partial charge in [0.2, 0.25) is 0 Å². The molecule has 0 aromatic heterocycles. The number of carbonyl (C=O) groups excluding carboxylic acids is 2. The van der Waals surface area contributed by atoms with Gasteiger partial charge in [-0.25, -0.2) is 4.79 Å². The van der Waals surface area contributed by atoms with Crippen LogP contribution in [0.4, 0.5) is 0 Å². The summed E-state index contributed by atoms with van der Waals surface area (Å²) in [6.07, 6.45) is 0.0926. The Balaban J connectivity index is 2.68. The Morgan fingerprint density at radius 1 is 1.75 bits per heavy atom. The summed E-state index contributed by atoms with van der Waals surface area (Å²) in [7, 11) is 0. The molecule has 0 bridgehead atoms. The normalized spacial score (nSPS) is 16.9. The number of nitrogens with two attached hydrogens (primary N) is 1. The van der Waals surface area contributed by atoms with Crippen molar-refractivity contribution in [3.8, 4) is 0 Å². The van der Waals surface area contributed by atoms with Crippen LogP contribution in [0.1, 0.15) is 13.3 Å². The second-order valence-corrected chi connectivity index (χ2v) is 3.31. The number of hydrogen-bond donors (Lipinski definition) is 1. The molecule has 0 radical (unpaired) electrons. The van der Waals surface area contributed by atoms with E-state index < -0.39 is 5.97 Å². The van der Waals surface area contributed by atoms with E-state index in [-0.39, 0.29) is 16.6 Å². The van der Waals surface area contributed by atoms with Gasteiger partial charge in [0.15, 0.2) is 5.12 Å². The minimum absolute atomic E-state index is 0.0926. The predicted octanol–water partition coefficient (Wildman–Crippen LogP) is 0.383. The molecule has 0 spiro atoms. The second kappa shape index (κ2) is 3.62. The van der Waals surface area contributed by atoms with Crippen molar-refractivity contribution in [1.82, 2.24) is 0 Å². The molecular weight excluding hydrogens is 178 g/mol. The van der Waals surface area contributed by atoms with Gasteiger partial charge >= 0.3 is 5.97 Å². The molecular formula is C7H9NO3S. The van der Waals surface area contributed by atoms with E-state index in [1.54, 1.807) is 6.92 Å². The van der Waals surface area contributed by atoms with Gasteiger partial charge < -0.3 is 10.5 Å². The average molecular weight is 187 g/mol. The Hall–Kier alpha value is -0.970. The Morgan fingerprint density at radius 2 is 2.42 bits per heavy atom. The van der Waals surface area contributed by atoms with Crippen LogP contribution < -0.4 is 5.73 Å². The fourth-order valence-corrected chi connectivity index (χ4v) is 1.58. The molecule has 66 valence electrons. The number of ether oxygens (including phenoxy) is 1. The van der Waals surface area contributed by atoms with Gasteiger partial charge in [0.05, 0.1) is 23.6 Å². The average Bonchev–Trinajstić information content (AvgIpc) is 2.30. The Bertz CT molecular complexity index is 259. The largest absolute Gasteiger partial charge is 0.463 e. The van der Waals surface area contributed by atoms with E-state index >= 15 is 0 Å². The lowest BCUT2D eigenvalue weighted by atomic mass is 10.2. The first-order chi connectivity index (χ1) is 5.65. The van der Waals surface area contributed by atoms with E-state index in [1.165, 1.54) is 0 Å². The number of rotatable bonds is 2. The maximum atomic E-state index is 11.1. The number of thioether (sulfide) groups is 1. The topological polar surface area (TPSA) is 69.4 Å². The molecule has 4 nitrogen and oxygen atoms in total. The van der Waals surface area contributed by atoms with Gasteiger partial charge in [-0.3, -0.25) is 4.79 Å². The summed E-state index contributed by atoms with van der Waals surface area (Å²) in [4.78, 5) is 21.9. The molecule has 0 saturated heterocycles. The molecule has 0 unspecified atom stereocenters. The monoisotopic (exact) mass is 187 g/mol. The van der Waals surface area contributed by atoms with Crippen molar-refractivity contribution in [3.05, 3.63) is 10.6 Å². The molecule has 1 rings (SSSR count). The number of hydrogen-bond acceptors (Lipinski definition) is 5. The molecule has 1 aliphatic rings. The summed E-state index contributed by atoms with van der Waals surface area (Å²) >= 11 is 0.900. The molecule has 1 heterocycles. The van der Waals surface area contributed by atoms with Crippen LogP contribution in [0.25, 0.3) is 0 Å². The highest BCUT2D eigenvalue weighted by Crippen LogP contribution is 2.29. The predicted molar refractivity (Wildman–Crippen MR) is 45.1 cm³/mol. The molecule has 2 N–H and O–H groups in total. The van der Waals surface area contributed by atoms with Crippen LogP contribution in [-0.4, -0.2) is 17.7 Å². The van der Waals surface area contributed by atoms with Gasteiger partial charge in [0.25, 0.3) is 0 Å². The third-order valence-corrected chi connectivity index (χ3v) is 2.20. The van der Waals surface area contributed by atoms with Gasteiger partial charge in [-0.1, -0.05) is 0 Å². The SMILES string of the molecule is CCOC(=O)C1=C(N)SC(=O)C1. The molecule has 12 heavy (non-hydrogen) atoms. The van der Waals surface area contributed by atoms with E-state index in [0.29, 0.717) is 12.2 Å². The summed E-state index contributed by atoms with van der Waals surface area (Å²) in [6, 6.07) is 0. The zero-order valence-corrected chi connectivity index (χ0v) is 7.44. The smallest absolute Gasteiger partial charge is 0.337 e. The van der Waals surface area contributed by atoms with Crippen LogP contribution in [0.5, 0.6) is 0 Å². The zero-order valence-electron chi connectivity index (χ0n) is 6.62. The van der Waals surface area contributed by atoms with E-state index in [0.717, 1.165) is 11.8 Å². The van der Waals surface area contributed by atoms with Crippen molar-refractivity contribution >= 4 is 22.8 Å². The highest BCUT2D eigenvalue weighted by Gasteiger charge is 2.26. The van der Waals surface area contributed by atoms with Crippen LogP contribution in [0.3, 0.4) is 0 Å². The molecule has 1 aliphatic heterocycles. The van der Waals surface area contributed by atoms with Gasteiger partial charge in [0, 0.05) is 0 Å². The van der Waals surface area contributed by atoms with Gasteiger partial charge in [0.1, 0.15) is 0 Å². The minimum Gasteiger partial charge on any atom is -0.463 e. The quantitative estimate of drug-likeness (QED) is 0.633. The maximum Gasteiger partial charge on any atom is 0.337 e. The molecule has 0 aliphatic carbocycles. The van der Waals surface area contributed by atoms with Gasteiger partial charge in [-0.05, 0) is 18.7 Å². The number of carbonyl (C=O) groups is 2. The second-order valence-electron chi connectivity index (χ2n) is 2.21. The fraction of sp³-hybridized carbons (Fsp3) is 0.429. The van der Waals surface area contributed by atoms with Crippen molar-refractivity contribution < 1.29 is 14.3 Å². The van der Waals surface area contributed by atoms with Crippen molar-refractivity contribution in [2.45, 2.75) is 13.3 Å². The molecule has 0 fully saturated rings. The molecule has 0 amide bonds. The van der Waals surface area contributed by atoms with E-state index in [2.05, 4.69) is 0 Å². The Morgan fingerprint density at radius 3 is 2.83 bits per heavy atom. The summed E-state index contributed by atoms with van der Waals surface area (Å²) in [5, 5.41) is 0.175.